The third-order valence-electron chi connectivity index (χ3n) is 4.74. The lowest BCUT2D eigenvalue weighted by Crippen LogP contribution is -2.42. The number of hydrogen-bond donors (Lipinski definition) is 0. The van der Waals surface area contributed by atoms with Crippen LogP contribution in [0.4, 0.5) is 0 Å². The molecule has 2 rings (SSSR count). The van der Waals surface area contributed by atoms with E-state index in [1.165, 1.54) is 11.1 Å². The van der Waals surface area contributed by atoms with E-state index in [2.05, 4.69) is 58.9 Å². The van der Waals surface area contributed by atoms with Gasteiger partial charge in [0.15, 0.2) is 0 Å². The van der Waals surface area contributed by atoms with Crippen LogP contribution >= 0.6 is 0 Å². The molecule has 0 bridgehead atoms. The van der Waals surface area contributed by atoms with Crippen molar-refractivity contribution < 1.29 is 9.47 Å². The predicted molar refractivity (Wildman–Crippen MR) is 83.2 cm³/mol. The molecule has 0 spiro atoms. The SMILES string of the molecule is COC(C)(C)C1(CCc2ccc(C(C)(C)C)cc2)CO1. The maximum absolute atomic E-state index is 5.73. The van der Waals surface area contributed by atoms with E-state index < -0.39 is 0 Å². The standard InChI is InChI=1S/C18H28O2/c1-16(2,3)15-9-7-14(8-10-15)11-12-18(13-20-18)17(4,5)19-6/h7-10H,11-13H2,1-6H3. The number of hydrogen-bond acceptors (Lipinski definition) is 2. The van der Waals surface area contributed by atoms with Crippen LogP contribution in [0, 0.1) is 0 Å². The van der Waals surface area contributed by atoms with Crippen LogP contribution in [0.1, 0.15) is 52.2 Å². The molecule has 2 nitrogen and oxygen atoms in total. The van der Waals surface area contributed by atoms with Crippen molar-refractivity contribution >= 4 is 0 Å². The zero-order valence-electron chi connectivity index (χ0n) is 13.7. The molecule has 1 aromatic rings. The predicted octanol–water partition coefficient (Wildman–Crippen LogP) is 4.11. The number of epoxide rings is 1. The Bertz CT molecular complexity index is 447. The quantitative estimate of drug-likeness (QED) is 0.755. The Morgan fingerprint density at radius 2 is 1.65 bits per heavy atom. The van der Waals surface area contributed by atoms with Crippen molar-refractivity contribution in [2.45, 2.75) is 64.1 Å². The highest BCUT2D eigenvalue weighted by Crippen LogP contribution is 2.44. The lowest BCUT2D eigenvalue weighted by atomic mass is 9.84. The molecule has 0 aromatic heterocycles. The van der Waals surface area contributed by atoms with E-state index >= 15 is 0 Å². The molecule has 1 aliphatic rings. The van der Waals surface area contributed by atoms with Crippen molar-refractivity contribution in [1.29, 1.82) is 0 Å². The van der Waals surface area contributed by atoms with Crippen molar-refractivity contribution in [2.75, 3.05) is 13.7 Å². The van der Waals surface area contributed by atoms with Gasteiger partial charge in [0.05, 0.1) is 12.2 Å². The molecule has 1 aromatic carbocycles. The van der Waals surface area contributed by atoms with Crippen molar-refractivity contribution in [1.82, 2.24) is 0 Å². The first-order chi connectivity index (χ1) is 9.20. The van der Waals surface area contributed by atoms with Crippen LogP contribution in [0.2, 0.25) is 0 Å². The zero-order valence-corrected chi connectivity index (χ0v) is 13.7. The van der Waals surface area contributed by atoms with Crippen LogP contribution in [0.3, 0.4) is 0 Å². The molecule has 0 N–H and O–H groups in total. The van der Waals surface area contributed by atoms with E-state index in [1.54, 1.807) is 7.11 Å². The first kappa shape index (κ1) is 15.5. The molecular weight excluding hydrogens is 248 g/mol. The van der Waals surface area contributed by atoms with Crippen LogP contribution in [0.15, 0.2) is 24.3 Å². The molecular formula is C18H28O2. The normalized spacial score (nSPS) is 22.9. The minimum Gasteiger partial charge on any atom is -0.376 e. The van der Waals surface area contributed by atoms with Crippen molar-refractivity contribution in [3.05, 3.63) is 35.4 Å². The van der Waals surface area contributed by atoms with Gasteiger partial charge < -0.3 is 9.47 Å². The number of rotatable bonds is 5. The van der Waals surface area contributed by atoms with E-state index in [4.69, 9.17) is 9.47 Å². The van der Waals surface area contributed by atoms with Crippen molar-refractivity contribution in [3.8, 4) is 0 Å². The summed E-state index contributed by atoms with van der Waals surface area (Å²) in [6, 6.07) is 8.99. The molecule has 1 unspecified atom stereocenters. The molecule has 2 heteroatoms. The molecule has 20 heavy (non-hydrogen) atoms. The van der Waals surface area contributed by atoms with Crippen LogP contribution in [-0.4, -0.2) is 24.9 Å². The minimum atomic E-state index is -0.210. The van der Waals surface area contributed by atoms with Crippen LogP contribution in [0.5, 0.6) is 0 Å². The number of benzene rings is 1. The van der Waals surface area contributed by atoms with Gasteiger partial charge in [-0.2, -0.15) is 0 Å². The van der Waals surface area contributed by atoms with Gasteiger partial charge in [-0.1, -0.05) is 45.0 Å². The van der Waals surface area contributed by atoms with Gasteiger partial charge in [-0.25, -0.2) is 0 Å². The molecule has 1 fully saturated rings. The van der Waals surface area contributed by atoms with Gasteiger partial charge in [0, 0.05) is 7.11 Å². The van der Waals surface area contributed by atoms with Gasteiger partial charge in [-0.05, 0) is 43.2 Å². The molecule has 0 saturated carbocycles. The average Bonchev–Trinajstić information content (AvgIpc) is 3.17. The summed E-state index contributed by atoms with van der Waals surface area (Å²) in [6.45, 7) is 11.8. The Balaban J connectivity index is 1.99. The Hall–Kier alpha value is -0.860. The lowest BCUT2D eigenvalue weighted by molar-refractivity contribution is -0.0473. The second-order valence-corrected chi connectivity index (χ2v) is 7.44. The van der Waals surface area contributed by atoms with Crippen molar-refractivity contribution in [3.63, 3.8) is 0 Å². The Labute approximate surface area is 123 Å². The third-order valence-corrected chi connectivity index (χ3v) is 4.74. The molecule has 1 saturated heterocycles. The fourth-order valence-electron chi connectivity index (χ4n) is 2.58. The van der Waals surface area contributed by atoms with Gasteiger partial charge in [0.1, 0.15) is 5.60 Å². The summed E-state index contributed by atoms with van der Waals surface area (Å²) < 4.78 is 11.3. The molecule has 0 radical (unpaired) electrons. The smallest absolute Gasteiger partial charge is 0.120 e. The highest BCUT2D eigenvalue weighted by molar-refractivity contribution is 5.28. The van der Waals surface area contributed by atoms with E-state index in [-0.39, 0.29) is 16.6 Å². The van der Waals surface area contributed by atoms with E-state index in [9.17, 15) is 0 Å². The average molecular weight is 276 g/mol. The molecule has 0 amide bonds. The maximum atomic E-state index is 5.73. The van der Waals surface area contributed by atoms with E-state index in [1.807, 2.05) is 0 Å². The third kappa shape index (κ3) is 3.07. The van der Waals surface area contributed by atoms with Crippen LogP contribution < -0.4 is 0 Å². The van der Waals surface area contributed by atoms with Gasteiger partial charge in [-0.15, -0.1) is 0 Å². The summed E-state index contributed by atoms with van der Waals surface area (Å²) in [5.74, 6) is 0. The maximum Gasteiger partial charge on any atom is 0.120 e. The Morgan fingerprint density at radius 3 is 2.05 bits per heavy atom. The largest absolute Gasteiger partial charge is 0.376 e. The Kier molecular flexibility index (Phi) is 4.01. The number of ether oxygens (including phenoxy) is 2. The molecule has 1 heterocycles. The summed E-state index contributed by atoms with van der Waals surface area (Å²) >= 11 is 0. The van der Waals surface area contributed by atoms with Gasteiger partial charge in [-0.3, -0.25) is 0 Å². The topological polar surface area (TPSA) is 21.8 Å². The Morgan fingerprint density at radius 1 is 1.10 bits per heavy atom. The number of methoxy groups -OCH3 is 1. The first-order valence-corrected chi connectivity index (χ1v) is 7.49. The molecule has 1 aliphatic heterocycles. The second kappa shape index (κ2) is 5.16. The number of aryl methyl sites for hydroxylation is 1. The van der Waals surface area contributed by atoms with E-state index in [0.717, 1.165) is 19.4 Å². The van der Waals surface area contributed by atoms with Gasteiger partial charge >= 0.3 is 0 Å². The molecule has 1 atom stereocenters. The first-order valence-electron chi connectivity index (χ1n) is 7.49. The highest BCUT2D eigenvalue weighted by Gasteiger charge is 2.56. The highest BCUT2D eigenvalue weighted by atomic mass is 16.6. The summed E-state index contributed by atoms with van der Waals surface area (Å²) in [5, 5.41) is 0. The molecule has 112 valence electrons. The van der Waals surface area contributed by atoms with Crippen LogP contribution in [0.25, 0.3) is 0 Å². The summed E-state index contributed by atoms with van der Waals surface area (Å²) in [6.07, 6.45) is 2.06. The zero-order chi connectivity index (χ0) is 15.0. The van der Waals surface area contributed by atoms with Gasteiger partial charge in [0.25, 0.3) is 0 Å². The summed E-state index contributed by atoms with van der Waals surface area (Å²) in [5.41, 5.74) is 2.68. The second-order valence-electron chi connectivity index (χ2n) is 7.44. The summed E-state index contributed by atoms with van der Waals surface area (Å²) in [7, 11) is 1.77. The monoisotopic (exact) mass is 276 g/mol. The molecule has 0 aliphatic carbocycles. The minimum absolute atomic E-state index is 0.0928. The van der Waals surface area contributed by atoms with Crippen molar-refractivity contribution in [2.24, 2.45) is 0 Å². The van der Waals surface area contributed by atoms with Gasteiger partial charge in [0.2, 0.25) is 0 Å². The van der Waals surface area contributed by atoms with Crippen LogP contribution in [-0.2, 0) is 21.3 Å². The van der Waals surface area contributed by atoms with E-state index in [0.29, 0.717) is 0 Å². The summed E-state index contributed by atoms with van der Waals surface area (Å²) in [4.78, 5) is 0. The fourth-order valence-corrected chi connectivity index (χ4v) is 2.58. The lowest BCUT2D eigenvalue weighted by Gasteiger charge is -2.30. The fraction of sp³-hybridized carbons (Fsp3) is 0.667.